The van der Waals surface area contributed by atoms with Crippen molar-refractivity contribution in [1.29, 1.82) is 10.5 Å². The molecule has 0 saturated heterocycles. The first-order valence-corrected chi connectivity index (χ1v) is 7.16. The van der Waals surface area contributed by atoms with Crippen molar-refractivity contribution in [3.05, 3.63) is 46.5 Å². The zero-order valence-electron chi connectivity index (χ0n) is 13.0. The molecule has 27 heavy (non-hydrogen) atoms. The molecule has 1 aliphatic carbocycles. The molecular formula is C17H6F6N2O2. The van der Waals surface area contributed by atoms with Crippen molar-refractivity contribution in [2.75, 3.05) is 0 Å². The predicted molar refractivity (Wildman–Crippen MR) is 77.5 cm³/mol. The minimum Gasteiger partial charge on any atom is -0.404 e. The van der Waals surface area contributed by atoms with Gasteiger partial charge < -0.3 is 9.47 Å². The lowest BCUT2D eigenvalue weighted by molar-refractivity contribution is -0.275. The van der Waals surface area contributed by atoms with Crippen molar-refractivity contribution in [2.45, 2.75) is 19.1 Å². The van der Waals surface area contributed by atoms with Crippen molar-refractivity contribution in [3.63, 3.8) is 0 Å². The topological polar surface area (TPSA) is 66.0 Å². The predicted octanol–water partition coefficient (Wildman–Crippen LogP) is 4.80. The fraction of sp³-hybridized carbons (Fsp3) is 0.176. The summed E-state index contributed by atoms with van der Waals surface area (Å²) in [6.07, 6.45) is -10.0. The zero-order valence-corrected chi connectivity index (χ0v) is 13.0. The molecular weight excluding hydrogens is 378 g/mol. The molecule has 2 aromatic carbocycles. The maximum Gasteiger partial charge on any atom is 0.573 e. The van der Waals surface area contributed by atoms with Crippen LogP contribution in [0.5, 0.6) is 11.5 Å². The Bertz CT molecular complexity index is 931. The number of rotatable bonds is 2. The molecule has 0 saturated carbocycles. The first kappa shape index (κ1) is 18.4. The van der Waals surface area contributed by atoms with Gasteiger partial charge in [-0.05, 0) is 52.9 Å². The smallest absolute Gasteiger partial charge is 0.404 e. The summed E-state index contributed by atoms with van der Waals surface area (Å²) in [7, 11) is 0. The number of halogens is 6. The molecule has 0 fully saturated rings. The van der Waals surface area contributed by atoms with Gasteiger partial charge in [0, 0.05) is 0 Å². The van der Waals surface area contributed by atoms with Gasteiger partial charge in [0.25, 0.3) is 0 Å². The molecule has 1 aliphatic rings. The normalized spacial score (nSPS) is 12.6. The first-order chi connectivity index (χ1) is 12.5. The summed E-state index contributed by atoms with van der Waals surface area (Å²) in [5, 5.41) is 18.1. The molecule has 0 heterocycles. The van der Waals surface area contributed by atoms with Crippen LogP contribution in [-0.4, -0.2) is 12.7 Å². The van der Waals surface area contributed by atoms with Gasteiger partial charge in [-0.2, -0.15) is 10.5 Å². The van der Waals surface area contributed by atoms with Crippen LogP contribution in [0.25, 0.3) is 11.1 Å². The molecule has 2 aromatic rings. The average Bonchev–Trinajstić information content (AvgIpc) is 2.86. The quantitative estimate of drug-likeness (QED) is 0.596. The summed E-state index contributed by atoms with van der Waals surface area (Å²) < 4.78 is 82.6. The Morgan fingerprint density at radius 3 is 1.37 bits per heavy atom. The lowest BCUT2D eigenvalue weighted by Gasteiger charge is -2.13. The van der Waals surface area contributed by atoms with E-state index in [2.05, 4.69) is 9.47 Å². The Morgan fingerprint density at radius 1 is 0.704 bits per heavy atom. The summed E-state index contributed by atoms with van der Waals surface area (Å²) in [6, 6.07) is 7.49. The second kappa shape index (κ2) is 6.09. The van der Waals surface area contributed by atoms with Gasteiger partial charge in [0.05, 0.1) is 11.1 Å². The first-order valence-electron chi connectivity index (χ1n) is 7.16. The molecule has 0 radical (unpaired) electrons. The van der Waals surface area contributed by atoms with E-state index in [1.807, 2.05) is 0 Å². The molecule has 0 spiro atoms. The molecule has 0 amide bonds. The molecule has 0 aliphatic heterocycles. The van der Waals surface area contributed by atoms with E-state index in [0.717, 1.165) is 24.3 Å². The van der Waals surface area contributed by atoms with Crippen LogP contribution < -0.4 is 9.47 Å². The maximum absolute atomic E-state index is 12.5. The third kappa shape index (κ3) is 3.75. The van der Waals surface area contributed by atoms with Crippen LogP contribution in [-0.2, 0) is 6.42 Å². The summed E-state index contributed by atoms with van der Waals surface area (Å²) in [5.41, 5.74) is 0.519. The van der Waals surface area contributed by atoms with Gasteiger partial charge in [-0.3, -0.25) is 0 Å². The molecule has 3 rings (SSSR count). The standard InChI is InChI=1S/C17H6F6N2O2/c18-16(19,20)26-14-4-8-1-9-5-15(27-17(21,22)23)11(7-25)3-13(9)12(8)2-10(14)6-24/h2-5H,1H2. The Morgan fingerprint density at radius 2 is 1.07 bits per heavy atom. The third-order valence-corrected chi connectivity index (χ3v) is 3.77. The van der Waals surface area contributed by atoms with Crippen LogP contribution in [0.4, 0.5) is 26.3 Å². The number of benzene rings is 2. The van der Waals surface area contributed by atoms with Crippen LogP contribution >= 0.6 is 0 Å². The van der Waals surface area contributed by atoms with Gasteiger partial charge in [0.15, 0.2) is 0 Å². The number of nitrogens with zero attached hydrogens (tertiary/aromatic N) is 2. The van der Waals surface area contributed by atoms with Crippen molar-refractivity contribution < 1.29 is 35.8 Å². The SMILES string of the molecule is N#Cc1cc2c(cc1OC(F)(F)F)Cc1cc(OC(F)(F)F)c(C#N)cc1-2. The molecule has 0 aromatic heterocycles. The maximum atomic E-state index is 12.5. The fourth-order valence-corrected chi connectivity index (χ4v) is 2.84. The minimum absolute atomic E-state index is 0.00941. The monoisotopic (exact) mass is 384 g/mol. The van der Waals surface area contributed by atoms with Gasteiger partial charge in [-0.15, -0.1) is 26.3 Å². The van der Waals surface area contributed by atoms with E-state index in [1.54, 1.807) is 12.1 Å². The van der Waals surface area contributed by atoms with Crippen LogP contribution in [0.3, 0.4) is 0 Å². The molecule has 4 nitrogen and oxygen atoms in total. The van der Waals surface area contributed by atoms with Gasteiger partial charge >= 0.3 is 12.7 Å². The summed E-state index contributed by atoms with van der Waals surface area (Å²) >= 11 is 0. The molecule has 10 heteroatoms. The Balaban J connectivity index is 2.10. The molecule has 0 atom stereocenters. The number of ether oxygens (including phenoxy) is 2. The fourth-order valence-electron chi connectivity index (χ4n) is 2.84. The number of fused-ring (bicyclic) bond motifs is 3. The number of hydrogen-bond acceptors (Lipinski definition) is 4. The highest BCUT2D eigenvalue weighted by Gasteiger charge is 2.35. The van der Waals surface area contributed by atoms with E-state index in [-0.39, 0.29) is 6.42 Å². The highest BCUT2D eigenvalue weighted by atomic mass is 19.4. The zero-order chi connectivity index (χ0) is 20.0. The number of nitriles is 2. The molecule has 0 bridgehead atoms. The van der Waals surface area contributed by atoms with E-state index in [1.165, 1.54) is 0 Å². The van der Waals surface area contributed by atoms with Crippen LogP contribution in [0.15, 0.2) is 24.3 Å². The Kier molecular flexibility index (Phi) is 4.15. The van der Waals surface area contributed by atoms with Crippen LogP contribution in [0.1, 0.15) is 22.3 Å². The molecule has 0 N–H and O–H groups in total. The van der Waals surface area contributed by atoms with E-state index in [4.69, 9.17) is 10.5 Å². The number of hydrogen-bond donors (Lipinski definition) is 0. The largest absolute Gasteiger partial charge is 0.573 e. The number of alkyl halides is 6. The lowest BCUT2D eigenvalue weighted by atomic mass is 10.0. The summed E-state index contributed by atoms with van der Waals surface area (Å²) in [5.74, 6) is -1.41. The van der Waals surface area contributed by atoms with E-state index in [0.29, 0.717) is 22.3 Å². The van der Waals surface area contributed by atoms with E-state index < -0.39 is 35.4 Å². The van der Waals surface area contributed by atoms with Gasteiger partial charge in [0.1, 0.15) is 23.6 Å². The highest BCUT2D eigenvalue weighted by Crippen LogP contribution is 2.43. The van der Waals surface area contributed by atoms with Crippen molar-refractivity contribution >= 4 is 0 Å². The highest BCUT2D eigenvalue weighted by molar-refractivity contribution is 5.81. The molecule has 138 valence electrons. The summed E-state index contributed by atoms with van der Waals surface area (Å²) in [6.45, 7) is 0. The third-order valence-electron chi connectivity index (χ3n) is 3.77. The van der Waals surface area contributed by atoms with Crippen molar-refractivity contribution in [3.8, 4) is 34.8 Å². The van der Waals surface area contributed by atoms with E-state index >= 15 is 0 Å². The van der Waals surface area contributed by atoms with Gasteiger partial charge in [0.2, 0.25) is 0 Å². The average molecular weight is 384 g/mol. The van der Waals surface area contributed by atoms with E-state index in [9.17, 15) is 26.3 Å². The Labute approximate surface area is 147 Å². The van der Waals surface area contributed by atoms with Gasteiger partial charge in [-0.1, -0.05) is 0 Å². The Hall–Kier alpha value is -3.40. The van der Waals surface area contributed by atoms with Crippen molar-refractivity contribution in [1.82, 2.24) is 0 Å². The van der Waals surface area contributed by atoms with Crippen LogP contribution in [0, 0.1) is 22.7 Å². The van der Waals surface area contributed by atoms with Crippen LogP contribution in [0.2, 0.25) is 0 Å². The van der Waals surface area contributed by atoms with Crippen molar-refractivity contribution in [2.24, 2.45) is 0 Å². The second-order valence-corrected chi connectivity index (χ2v) is 5.51. The van der Waals surface area contributed by atoms with Gasteiger partial charge in [-0.25, -0.2) is 0 Å². The lowest BCUT2D eigenvalue weighted by Crippen LogP contribution is -2.18. The molecule has 0 unspecified atom stereocenters. The summed E-state index contributed by atoms with van der Waals surface area (Å²) in [4.78, 5) is 0. The second-order valence-electron chi connectivity index (χ2n) is 5.51. The minimum atomic E-state index is -5.01.